The minimum absolute atomic E-state index is 0.163. The predicted molar refractivity (Wildman–Crippen MR) is 37.4 cm³/mol. The van der Waals surface area contributed by atoms with Crippen LogP contribution in [0.15, 0.2) is 12.1 Å². The van der Waals surface area contributed by atoms with Crippen LogP contribution in [0.3, 0.4) is 0 Å². The Hall–Kier alpha value is -1.66. The molecule has 0 aliphatic carbocycles. The maximum atomic E-state index is 12.9. The molecular weight excluding hydrogens is 223 g/mol. The Bertz CT molecular complexity index is 370. The fourth-order valence-electron chi connectivity index (χ4n) is 0.952. The lowest BCUT2D eigenvalue weighted by Gasteiger charge is -2.06. The molecule has 0 aliphatic heterocycles. The van der Waals surface area contributed by atoms with Crippen LogP contribution < -0.4 is 0 Å². The van der Waals surface area contributed by atoms with Gasteiger partial charge in [-0.1, -0.05) is 0 Å². The lowest BCUT2D eigenvalue weighted by Crippen LogP contribution is -2.12. The Kier molecular flexibility index (Phi) is 3.23. The highest BCUT2D eigenvalue weighted by molar-refractivity contribution is 5.75. The number of benzene rings is 1. The van der Waals surface area contributed by atoms with E-state index >= 15 is 0 Å². The summed E-state index contributed by atoms with van der Waals surface area (Å²) >= 11 is 0. The van der Waals surface area contributed by atoms with Crippen LogP contribution in [0.5, 0.6) is 0 Å². The summed E-state index contributed by atoms with van der Waals surface area (Å²) in [5.74, 6) is -6.66. The van der Waals surface area contributed by atoms with Gasteiger partial charge in [-0.2, -0.15) is 0 Å². The van der Waals surface area contributed by atoms with Crippen molar-refractivity contribution in [1.82, 2.24) is 0 Å². The minimum atomic E-state index is -2.98. The van der Waals surface area contributed by atoms with Crippen LogP contribution >= 0.6 is 0 Å². The zero-order valence-electron chi connectivity index (χ0n) is 6.94. The van der Waals surface area contributed by atoms with Crippen LogP contribution in [0.25, 0.3) is 0 Å². The number of hydrogen-bond acceptors (Lipinski definition) is 2. The molecule has 0 heterocycles. The largest absolute Gasteiger partial charge is 0.387 e. The molecule has 0 saturated carbocycles. The molecule has 1 unspecified atom stereocenters. The van der Waals surface area contributed by atoms with Crippen molar-refractivity contribution in [1.29, 1.82) is 0 Å². The van der Waals surface area contributed by atoms with Crippen molar-refractivity contribution in [3.8, 4) is 0 Å². The summed E-state index contributed by atoms with van der Waals surface area (Å²) in [6.07, 6.45) is -2.98. The minimum Gasteiger partial charge on any atom is -0.251 e. The monoisotopic (exact) mass is 226 g/mol. The SMILES string of the molecule is O=C(OF)C(F)c1c(F)cc(F)cc1F. The summed E-state index contributed by atoms with van der Waals surface area (Å²) < 4.78 is 62.1. The molecule has 0 radical (unpaired) electrons. The standard InChI is InChI=1S/C8H3F5O2/c9-3-1-4(10)6(5(11)2-3)7(12)8(14)15-13/h1-2,7H. The smallest absolute Gasteiger partial charge is 0.251 e. The zero-order valence-corrected chi connectivity index (χ0v) is 6.94. The summed E-state index contributed by atoms with van der Waals surface area (Å²) in [6.45, 7) is 0. The van der Waals surface area contributed by atoms with E-state index in [9.17, 15) is 26.9 Å². The van der Waals surface area contributed by atoms with E-state index in [1.807, 2.05) is 0 Å². The average molecular weight is 226 g/mol. The van der Waals surface area contributed by atoms with E-state index in [1.54, 1.807) is 0 Å². The highest BCUT2D eigenvalue weighted by Crippen LogP contribution is 2.26. The molecule has 1 aromatic carbocycles. The molecule has 15 heavy (non-hydrogen) atoms. The van der Waals surface area contributed by atoms with E-state index in [1.165, 1.54) is 0 Å². The van der Waals surface area contributed by atoms with Crippen LogP contribution in [0.2, 0.25) is 0 Å². The number of alkyl halides is 1. The molecular formula is C8H3F5O2. The van der Waals surface area contributed by atoms with Gasteiger partial charge in [0.25, 0.3) is 0 Å². The first-order valence-electron chi connectivity index (χ1n) is 3.58. The lowest BCUT2D eigenvalue weighted by molar-refractivity contribution is -0.190. The van der Waals surface area contributed by atoms with Crippen molar-refractivity contribution < 1.29 is 31.8 Å². The van der Waals surface area contributed by atoms with Crippen molar-refractivity contribution in [2.45, 2.75) is 6.17 Å². The molecule has 0 amide bonds. The number of halogens is 5. The van der Waals surface area contributed by atoms with Crippen molar-refractivity contribution in [2.24, 2.45) is 0 Å². The summed E-state index contributed by atoms with van der Waals surface area (Å²) in [7, 11) is 0. The molecule has 0 spiro atoms. The van der Waals surface area contributed by atoms with Crippen LogP contribution in [-0.2, 0) is 9.74 Å². The quantitative estimate of drug-likeness (QED) is 0.724. The summed E-state index contributed by atoms with van der Waals surface area (Å²) in [4.78, 5) is 12.8. The topological polar surface area (TPSA) is 26.3 Å². The molecule has 1 rings (SSSR count). The molecule has 2 nitrogen and oxygen atoms in total. The van der Waals surface area contributed by atoms with Crippen LogP contribution in [0.4, 0.5) is 22.1 Å². The Balaban J connectivity index is 3.19. The Morgan fingerprint density at radius 2 is 1.67 bits per heavy atom. The van der Waals surface area contributed by atoms with Crippen molar-refractivity contribution in [3.05, 3.63) is 35.1 Å². The zero-order chi connectivity index (χ0) is 11.6. The van der Waals surface area contributed by atoms with Gasteiger partial charge in [-0.15, -0.1) is 0 Å². The fraction of sp³-hybridized carbons (Fsp3) is 0.125. The van der Waals surface area contributed by atoms with Gasteiger partial charge in [-0.3, -0.25) is 4.94 Å². The summed E-state index contributed by atoms with van der Waals surface area (Å²) in [6, 6.07) is 0.326. The first-order chi connectivity index (χ1) is 6.97. The van der Waals surface area contributed by atoms with E-state index in [0.717, 1.165) is 0 Å². The molecule has 0 N–H and O–H groups in total. The first-order valence-corrected chi connectivity index (χ1v) is 3.58. The molecule has 1 atom stereocenters. The third kappa shape index (κ3) is 2.23. The van der Waals surface area contributed by atoms with Gasteiger partial charge >= 0.3 is 5.97 Å². The second-order valence-electron chi connectivity index (χ2n) is 2.54. The second-order valence-corrected chi connectivity index (χ2v) is 2.54. The number of rotatable bonds is 2. The predicted octanol–water partition coefficient (Wildman–Crippen LogP) is 2.54. The molecule has 7 heteroatoms. The summed E-state index contributed by atoms with van der Waals surface area (Å²) in [5, 5.41) is 0. The average Bonchev–Trinajstić information content (AvgIpc) is 2.14. The van der Waals surface area contributed by atoms with Crippen molar-refractivity contribution >= 4 is 5.97 Å². The molecule has 0 fully saturated rings. The third-order valence-corrected chi connectivity index (χ3v) is 1.58. The van der Waals surface area contributed by atoms with Crippen LogP contribution in [0.1, 0.15) is 11.7 Å². The van der Waals surface area contributed by atoms with E-state index in [2.05, 4.69) is 4.94 Å². The van der Waals surface area contributed by atoms with Gasteiger partial charge in [-0.05, 0) is 0 Å². The molecule has 0 aromatic heterocycles. The van der Waals surface area contributed by atoms with Crippen LogP contribution in [-0.4, -0.2) is 5.97 Å². The van der Waals surface area contributed by atoms with E-state index in [4.69, 9.17) is 0 Å². The molecule has 0 bridgehead atoms. The van der Waals surface area contributed by atoms with Gasteiger partial charge in [0.1, 0.15) is 17.5 Å². The highest BCUT2D eigenvalue weighted by atomic mass is 19.3. The van der Waals surface area contributed by atoms with Gasteiger partial charge < -0.3 is 0 Å². The lowest BCUT2D eigenvalue weighted by atomic mass is 10.1. The van der Waals surface area contributed by atoms with Crippen LogP contribution in [0, 0.1) is 17.5 Å². The normalized spacial score (nSPS) is 12.3. The second kappa shape index (κ2) is 4.24. The number of hydrogen-bond donors (Lipinski definition) is 0. The van der Waals surface area contributed by atoms with Crippen molar-refractivity contribution in [3.63, 3.8) is 0 Å². The van der Waals surface area contributed by atoms with Crippen molar-refractivity contribution in [2.75, 3.05) is 0 Å². The Morgan fingerprint density at radius 3 is 2.07 bits per heavy atom. The van der Waals surface area contributed by atoms with E-state index in [0.29, 0.717) is 0 Å². The third-order valence-electron chi connectivity index (χ3n) is 1.58. The number of carbonyl (C=O) groups excluding carboxylic acids is 1. The maximum Gasteiger partial charge on any atom is 0.387 e. The Morgan fingerprint density at radius 1 is 1.20 bits per heavy atom. The highest BCUT2D eigenvalue weighted by Gasteiger charge is 2.29. The van der Waals surface area contributed by atoms with E-state index in [-0.39, 0.29) is 12.1 Å². The first kappa shape index (κ1) is 11.4. The van der Waals surface area contributed by atoms with Gasteiger partial charge in [0.15, 0.2) is 0 Å². The number of carbonyl (C=O) groups is 1. The Labute approximate surface area is 80.2 Å². The van der Waals surface area contributed by atoms with E-state index < -0.39 is 35.2 Å². The van der Waals surface area contributed by atoms with Gasteiger partial charge in [-0.25, -0.2) is 22.4 Å². The van der Waals surface area contributed by atoms with Gasteiger partial charge in [0, 0.05) is 16.7 Å². The van der Waals surface area contributed by atoms with Gasteiger partial charge in [0.05, 0.1) is 5.56 Å². The molecule has 82 valence electrons. The molecule has 0 saturated heterocycles. The fourth-order valence-corrected chi connectivity index (χ4v) is 0.952. The van der Waals surface area contributed by atoms with Gasteiger partial charge in [0.2, 0.25) is 6.17 Å². The maximum absolute atomic E-state index is 12.9. The summed E-state index contributed by atoms with van der Waals surface area (Å²) in [5.41, 5.74) is -1.39. The molecule has 1 aromatic rings. The molecule has 0 aliphatic rings.